The summed E-state index contributed by atoms with van der Waals surface area (Å²) in [7, 11) is 1.92. The van der Waals surface area contributed by atoms with Crippen LogP contribution in [0.4, 0.5) is 0 Å². The standard InChI is InChI=1S/C21H19N5O/c1-25-10-16(9-24-25)18-12-26(11-15-4-2-3-5-17(15)18)21(27)14-6-7-19-20(8-14)23-13-22-19/h2-10,13,18H,11-12H2,1H3,(H,22,23)/t18-/m1/s1. The summed E-state index contributed by atoms with van der Waals surface area (Å²) in [5, 5.41) is 4.32. The van der Waals surface area contributed by atoms with Gasteiger partial charge in [-0.05, 0) is 34.9 Å². The van der Waals surface area contributed by atoms with Gasteiger partial charge in [-0.2, -0.15) is 5.10 Å². The number of H-pyrrole nitrogens is 1. The van der Waals surface area contributed by atoms with Gasteiger partial charge in [-0.15, -0.1) is 0 Å². The minimum absolute atomic E-state index is 0.0369. The highest BCUT2D eigenvalue weighted by atomic mass is 16.2. The van der Waals surface area contributed by atoms with Crippen molar-refractivity contribution in [3.8, 4) is 0 Å². The Kier molecular flexibility index (Phi) is 3.57. The summed E-state index contributed by atoms with van der Waals surface area (Å²) in [5.74, 6) is 0.165. The number of carbonyl (C=O) groups excluding carboxylic acids is 1. The van der Waals surface area contributed by atoms with Gasteiger partial charge in [0.15, 0.2) is 0 Å². The lowest BCUT2D eigenvalue weighted by atomic mass is 9.86. The van der Waals surface area contributed by atoms with Crippen LogP contribution in [-0.4, -0.2) is 37.1 Å². The minimum atomic E-state index is 0.0369. The summed E-state index contributed by atoms with van der Waals surface area (Å²) in [6.07, 6.45) is 5.58. The van der Waals surface area contributed by atoms with Gasteiger partial charge in [-0.25, -0.2) is 4.98 Å². The van der Waals surface area contributed by atoms with Crippen molar-refractivity contribution >= 4 is 16.9 Å². The maximum Gasteiger partial charge on any atom is 0.254 e. The lowest BCUT2D eigenvalue weighted by Crippen LogP contribution is -2.38. The SMILES string of the molecule is Cn1cc([C@H]2CN(C(=O)c3ccc4nc[nH]c4c3)Cc3ccccc32)cn1. The van der Waals surface area contributed by atoms with Gasteiger partial charge in [-0.3, -0.25) is 9.48 Å². The molecule has 0 aliphatic carbocycles. The minimum Gasteiger partial charge on any atom is -0.345 e. The van der Waals surface area contributed by atoms with E-state index in [0.29, 0.717) is 18.7 Å². The van der Waals surface area contributed by atoms with Crippen LogP contribution in [0.2, 0.25) is 0 Å². The molecular weight excluding hydrogens is 338 g/mol. The number of carbonyl (C=O) groups is 1. The third kappa shape index (κ3) is 2.70. The summed E-state index contributed by atoms with van der Waals surface area (Å²) < 4.78 is 1.81. The van der Waals surface area contributed by atoms with Crippen molar-refractivity contribution in [3.05, 3.63) is 83.4 Å². The molecule has 1 N–H and O–H groups in total. The molecule has 0 saturated heterocycles. The first-order valence-electron chi connectivity index (χ1n) is 8.98. The third-order valence-electron chi connectivity index (χ3n) is 5.28. The second-order valence-electron chi connectivity index (χ2n) is 7.02. The predicted molar refractivity (Wildman–Crippen MR) is 102 cm³/mol. The van der Waals surface area contributed by atoms with Crippen LogP contribution in [0.3, 0.4) is 0 Å². The highest BCUT2D eigenvalue weighted by Gasteiger charge is 2.30. The zero-order valence-electron chi connectivity index (χ0n) is 15.0. The molecule has 2 aromatic carbocycles. The zero-order valence-corrected chi connectivity index (χ0v) is 15.0. The van der Waals surface area contributed by atoms with Gasteiger partial charge in [0.05, 0.1) is 23.6 Å². The van der Waals surface area contributed by atoms with E-state index in [4.69, 9.17) is 0 Å². The van der Waals surface area contributed by atoms with Crippen LogP contribution in [0.15, 0.2) is 61.2 Å². The maximum atomic E-state index is 13.2. The Bertz CT molecular complexity index is 1140. The van der Waals surface area contributed by atoms with Crippen LogP contribution >= 0.6 is 0 Å². The van der Waals surface area contributed by atoms with E-state index in [1.54, 1.807) is 6.33 Å². The van der Waals surface area contributed by atoms with Gasteiger partial charge in [0.1, 0.15) is 0 Å². The Morgan fingerprint density at radius 1 is 1.22 bits per heavy atom. The summed E-state index contributed by atoms with van der Waals surface area (Å²) in [5.41, 5.74) is 6.01. The smallest absolute Gasteiger partial charge is 0.254 e. The molecule has 0 spiro atoms. The lowest BCUT2D eigenvalue weighted by Gasteiger charge is -2.34. The average Bonchev–Trinajstić information content (AvgIpc) is 3.34. The van der Waals surface area contributed by atoms with Crippen LogP contribution in [-0.2, 0) is 13.6 Å². The molecule has 6 nitrogen and oxygen atoms in total. The Labute approximate surface area is 156 Å². The molecule has 4 aromatic rings. The normalized spacial score (nSPS) is 16.5. The molecule has 27 heavy (non-hydrogen) atoms. The fourth-order valence-corrected chi connectivity index (χ4v) is 3.92. The van der Waals surface area contributed by atoms with Gasteiger partial charge in [0, 0.05) is 37.8 Å². The molecule has 1 aliphatic rings. The monoisotopic (exact) mass is 357 g/mol. The van der Waals surface area contributed by atoms with Crippen LogP contribution in [0.25, 0.3) is 11.0 Å². The Morgan fingerprint density at radius 2 is 2.11 bits per heavy atom. The van der Waals surface area contributed by atoms with Crippen molar-refractivity contribution in [1.82, 2.24) is 24.6 Å². The first-order chi connectivity index (χ1) is 13.2. The molecule has 1 amide bonds. The number of aromatic amines is 1. The molecule has 0 fully saturated rings. The molecule has 6 heteroatoms. The van der Waals surface area contributed by atoms with Crippen LogP contribution < -0.4 is 0 Å². The number of nitrogens with zero attached hydrogens (tertiary/aromatic N) is 4. The number of rotatable bonds is 2. The lowest BCUT2D eigenvalue weighted by molar-refractivity contribution is 0.0725. The number of hydrogen-bond donors (Lipinski definition) is 1. The summed E-state index contributed by atoms with van der Waals surface area (Å²) in [4.78, 5) is 22.5. The molecule has 0 radical (unpaired) electrons. The largest absolute Gasteiger partial charge is 0.345 e. The first kappa shape index (κ1) is 15.8. The predicted octanol–water partition coefficient (Wildman–Crippen LogP) is 3.08. The maximum absolute atomic E-state index is 13.2. The van der Waals surface area contributed by atoms with Gasteiger partial charge in [0.2, 0.25) is 0 Å². The van der Waals surface area contributed by atoms with E-state index < -0.39 is 0 Å². The Hall–Kier alpha value is -3.41. The second-order valence-corrected chi connectivity index (χ2v) is 7.02. The van der Waals surface area contributed by atoms with E-state index in [-0.39, 0.29) is 11.8 Å². The van der Waals surface area contributed by atoms with E-state index in [1.807, 2.05) is 53.3 Å². The second kappa shape index (κ2) is 6.09. The fraction of sp³-hybridized carbons (Fsp3) is 0.190. The topological polar surface area (TPSA) is 66.8 Å². The number of imidazole rings is 1. The molecule has 2 aromatic heterocycles. The van der Waals surface area contributed by atoms with Gasteiger partial charge >= 0.3 is 0 Å². The number of aromatic nitrogens is 4. The molecule has 1 aliphatic heterocycles. The molecule has 5 rings (SSSR count). The average molecular weight is 357 g/mol. The van der Waals surface area contributed by atoms with Gasteiger partial charge in [-0.1, -0.05) is 24.3 Å². The van der Waals surface area contributed by atoms with E-state index in [1.165, 1.54) is 11.1 Å². The Morgan fingerprint density at radius 3 is 2.96 bits per heavy atom. The van der Waals surface area contributed by atoms with Crippen molar-refractivity contribution < 1.29 is 4.79 Å². The molecule has 0 unspecified atom stereocenters. The fourth-order valence-electron chi connectivity index (χ4n) is 3.92. The van der Waals surface area contributed by atoms with Crippen LogP contribution in [0.1, 0.15) is 33.0 Å². The Balaban J connectivity index is 1.52. The van der Waals surface area contributed by atoms with E-state index >= 15 is 0 Å². The van der Waals surface area contributed by atoms with Gasteiger partial charge < -0.3 is 9.88 Å². The molecule has 1 atom stereocenters. The zero-order chi connectivity index (χ0) is 18.4. The van der Waals surface area contributed by atoms with E-state index in [0.717, 1.165) is 16.6 Å². The number of hydrogen-bond acceptors (Lipinski definition) is 3. The number of aryl methyl sites for hydroxylation is 1. The van der Waals surface area contributed by atoms with Crippen LogP contribution in [0, 0.1) is 0 Å². The van der Waals surface area contributed by atoms with Crippen molar-refractivity contribution in [1.29, 1.82) is 0 Å². The summed E-state index contributed by atoms with van der Waals surface area (Å²) in [6.45, 7) is 1.26. The molecular formula is C21H19N5O. The van der Waals surface area contributed by atoms with Crippen LogP contribution in [0.5, 0.6) is 0 Å². The highest BCUT2D eigenvalue weighted by Crippen LogP contribution is 2.34. The first-order valence-corrected chi connectivity index (χ1v) is 8.98. The quantitative estimate of drug-likeness (QED) is 0.599. The van der Waals surface area contributed by atoms with Gasteiger partial charge in [0.25, 0.3) is 5.91 Å². The van der Waals surface area contributed by atoms with Crippen molar-refractivity contribution in [2.24, 2.45) is 7.05 Å². The molecule has 0 bridgehead atoms. The highest BCUT2D eigenvalue weighted by molar-refractivity contribution is 5.97. The van der Waals surface area contributed by atoms with E-state index in [9.17, 15) is 4.79 Å². The van der Waals surface area contributed by atoms with Crippen molar-refractivity contribution in [3.63, 3.8) is 0 Å². The van der Waals surface area contributed by atoms with E-state index in [2.05, 4.69) is 33.3 Å². The molecule has 134 valence electrons. The van der Waals surface area contributed by atoms with Crippen molar-refractivity contribution in [2.75, 3.05) is 6.54 Å². The number of amides is 1. The number of fused-ring (bicyclic) bond motifs is 2. The molecule has 0 saturated carbocycles. The third-order valence-corrected chi connectivity index (χ3v) is 5.28. The van der Waals surface area contributed by atoms with Crippen molar-refractivity contribution in [2.45, 2.75) is 12.5 Å². The number of benzene rings is 2. The molecule has 3 heterocycles. The summed E-state index contributed by atoms with van der Waals surface area (Å²) in [6, 6.07) is 14.0. The summed E-state index contributed by atoms with van der Waals surface area (Å²) >= 11 is 0. The number of nitrogens with one attached hydrogen (secondary N) is 1.